The molecule has 0 atom stereocenters. The predicted octanol–water partition coefficient (Wildman–Crippen LogP) is 6.43. The van der Waals surface area contributed by atoms with Crippen LogP contribution >= 0.6 is 23.2 Å². The molecule has 0 aliphatic heterocycles. The normalized spacial score (nSPS) is 10.8. The number of benzene rings is 3. The molecule has 0 bridgehead atoms. The van der Waals surface area contributed by atoms with Crippen molar-refractivity contribution >= 4 is 35.1 Å². The lowest BCUT2D eigenvalue weighted by atomic mass is 10.2. The first-order valence-electron chi connectivity index (χ1n) is 9.69. The van der Waals surface area contributed by atoms with Crippen molar-refractivity contribution in [3.8, 4) is 11.5 Å². The number of hydrogen-bond acceptors (Lipinski definition) is 6. The molecule has 0 amide bonds. The van der Waals surface area contributed by atoms with E-state index in [4.69, 9.17) is 37.5 Å². The lowest BCUT2D eigenvalue weighted by Crippen LogP contribution is -2.02. The van der Waals surface area contributed by atoms with Gasteiger partial charge >= 0.3 is 0 Å². The molecule has 166 valence electrons. The van der Waals surface area contributed by atoms with E-state index in [1.54, 1.807) is 30.3 Å². The molecule has 0 N–H and O–H groups in total. The van der Waals surface area contributed by atoms with Crippen LogP contribution in [0.5, 0.6) is 11.5 Å². The Labute approximate surface area is 195 Å². The summed E-state index contributed by atoms with van der Waals surface area (Å²) in [4.78, 5) is 15.7. The third-order valence-electron chi connectivity index (χ3n) is 4.29. The van der Waals surface area contributed by atoms with Crippen LogP contribution in [0.2, 0.25) is 10.0 Å². The molecular weight excluding hydrogens is 455 g/mol. The van der Waals surface area contributed by atoms with Crippen molar-refractivity contribution in [1.29, 1.82) is 0 Å². The molecule has 7 nitrogen and oxygen atoms in total. The Kier molecular flexibility index (Phi) is 8.30. The van der Waals surface area contributed by atoms with Gasteiger partial charge < -0.3 is 14.3 Å². The summed E-state index contributed by atoms with van der Waals surface area (Å²) in [6.07, 6.45) is 1.48. The zero-order valence-corrected chi connectivity index (χ0v) is 18.7. The first-order chi connectivity index (χ1) is 15.5. The smallest absolute Gasteiger partial charge is 0.269 e. The van der Waals surface area contributed by atoms with Crippen molar-refractivity contribution in [3.05, 3.63) is 97.5 Å². The molecule has 9 heteroatoms. The molecule has 0 saturated carbocycles. The second-order valence-electron chi connectivity index (χ2n) is 6.58. The molecule has 32 heavy (non-hydrogen) atoms. The molecule has 0 fully saturated rings. The summed E-state index contributed by atoms with van der Waals surface area (Å²) in [5.41, 5.74) is 2.10. The standard InChI is InChI=1S/C23H20Cl2N2O5/c1-2-30-22-12-17(13-26-32-14-16-6-5-8-19(10-16)27(28)29)11-21(25)23(22)31-15-18-7-3-4-9-20(18)24/h3-13H,2,14-15H2,1H3/b26-13-. The van der Waals surface area contributed by atoms with E-state index >= 15 is 0 Å². The van der Waals surface area contributed by atoms with Crippen LogP contribution in [0.25, 0.3) is 0 Å². The third kappa shape index (κ3) is 6.35. The van der Waals surface area contributed by atoms with Crippen molar-refractivity contribution in [2.75, 3.05) is 6.61 Å². The van der Waals surface area contributed by atoms with Crippen LogP contribution in [-0.2, 0) is 18.1 Å². The summed E-state index contributed by atoms with van der Waals surface area (Å²) in [5.74, 6) is 0.871. The molecule has 0 aliphatic carbocycles. The summed E-state index contributed by atoms with van der Waals surface area (Å²) < 4.78 is 11.6. The van der Waals surface area contributed by atoms with E-state index in [1.165, 1.54) is 18.3 Å². The van der Waals surface area contributed by atoms with Gasteiger partial charge in [0.2, 0.25) is 0 Å². The Morgan fingerprint density at radius 3 is 2.56 bits per heavy atom. The Bertz CT molecular complexity index is 1120. The van der Waals surface area contributed by atoms with E-state index in [0.29, 0.717) is 39.3 Å². The van der Waals surface area contributed by atoms with Crippen LogP contribution in [0.1, 0.15) is 23.6 Å². The molecule has 3 aromatic carbocycles. The van der Waals surface area contributed by atoms with Crippen molar-refractivity contribution in [2.45, 2.75) is 20.1 Å². The average Bonchev–Trinajstić information content (AvgIpc) is 2.77. The molecular formula is C23H20Cl2N2O5. The van der Waals surface area contributed by atoms with E-state index < -0.39 is 4.92 Å². The van der Waals surface area contributed by atoms with Gasteiger partial charge in [-0.2, -0.15) is 0 Å². The number of nitro benzene ring substituents is 1. The molecule has 3 rings (SSSR count). The van der Waals surface area contributed by atoms with E-state index in [-0.39, 0.29) is 18.9 Å². The molecule has 0 heterocycles. The monoisotopic (exact) mass is 474 g/mol. The summed E-state index contributed by atoms with van der Waals surface area (Å²) >= 11 is 12.6. The van der Waals surface area contributed by atoms with E-state index in [2.05, 4.69) is 5.16 Å². The molecule has 0 saturated heterocycles. The second kappa shape index (κ2) is 11.4. The van der Waals surface area contributed by atoms with Crippen molar-refractivity contribution in [3.63, 3.8) is 0 Å². The maximum Gasteiger partial charge on any atom is 0.269 e. The van der Waals surface area contributed by atoms with E-state index in [1.807, 2.05) is 25.1 Å². The summed E-state index contributed by atoms with van der Waals surface area (Å²) in [5, 5.41) is 15.7. The number of nitro groups is 1. The van der Waals surface area contributed by atoms with Gasteiger partial charge in [0.05, 0.1) is 22.8 Å². The maximum atomic E-state index is 10.9. The highest BCUT2D eigenvalue weighted by Crippen LogP contribution is 2.37. The minimum Gasteiger partial charge on any atom is -0.490 e. The largest absolute Gasteiger partial charge is 0.490 e. The third-order valence-corrected chi connectivity index (χ3v) is 4.94. The Balaban J connectivity index is 1.68. The summed E-state index contributed by atoms with van der Waals surface area (Å²) in [6, 6.07) is 17.0. The zero-order valence-electron chi connectivity index (χ0n) is 17.2. The quantitative estimate of drug-likeness (QED) is 0.192. The van der Waals surface area contributed by atoms with Crippen LogP contribution < -0.4 is 9.47 Å². The first kappa shape index (κ1) is 23.4. The van der Waals surface area contributed by atoms with Gasteiger partial charge in [-0.05, 0) is 30.7 Å². The molecule has 0 aliphatic rings. The number of ether oxygens (including phenoxy) is 2. The number of oxime groups is 1. The Morgan fingerprint density at radius 2 is 1.81 bits per heavy atom. The second-order valence-corrected chi connectivity index (χ2v) is 7.39. The van der Waals surface area contributed by atoms with Crippen LogP contribution in [0, 0.1) is 10.1 Å². The molecule has 0 radical (unpaired) electrons. The Hall–Kier alpha value is -3.29. The fraction of sp³-hybridized carbons (Fsp3) is 0.174. The van der Waals surface area contributed by atoms with Crippen molar-refractivity contribution in [2.24, 2.45) is 5.16 Å². The van der Waals surface area contributed by atoms with Crippen LogP contribution in [0.4, 0.5) is 5.69 Å². The van der Waals surface area contributed by atoms with E-state index in [0.717, 1.165) is 5.56 Å². The highest BCUT2D eigenvalue weighted by Gasteiger charge is 2.13. The minimum absolute atomic E-state index is 0.00408. The SMILES string of the molecule is CCOc1cc(/C=N\OCc2cccc([N+](=O)[O-])c2)cc(Cl)c1OCc1ccccc1Cl. The number of non-ortho nitro benzene ring substituents is 1. The molecule has 3 aromatic rings. The number of nitrogens with zero attached hydrogens (tertiary/aromatic N) is 2. The molecule has 0 unspecified atom stereocenters. The van der Waals surface area contributed by atoms with E-state index in [9.17, 15) is 10.1 Å². The fourth-order valence-electron chi connectivity index (χ4n) is 2.80. The van der Waals surface area contributed by atoms with Gasteiger partial charge in [-0.25, -0.2) is 0 Å². The topological polar surface area (TPSA) is 83.2 Å². The lowest BCUT2D eigenvalue weighted by molar-refractivity contribution is -0.384. The van der Waals surface area contributed by atoms with Crippen LogP contribution in [0.15, 0.2) is 65.8 Å². The molecule has 0 spiro atoms. The summed E-state index contributed by atoms with van der Waals surface area (Å²) in [7, 11) is 0. The molecule has 0 aromatic heterocycles. The fourth-order valence-corrected chi connectivity index (χ4v) is 3.26. The highest BCUT2D eigenvalue weighted by atomic mass is 35.5. The van der Waals surface area contributed by atoms with Gasteiger partial charge in [0.25, 0.3) is 5.69 Å². The van der Waals surface area contributed by atoms with Gasteiger partial charge in [-0.15, -0.1) is 0 Å². The predicted molar refractivity (Wildman–Crippen MR) is 124 cm³/mol. The van der Waals surface area contributed by atoms with Crippen molar-refractivity contribution in [1.82, 2.24) is 0 Å². The summed E-state index contributed by atoms with van der Waals surface area (Å²) in [6.45, 7) is 2.60. The number of hydrogen-bond donors (Lipinski definition) is 0. The van der Waals surface area contributed by atoms with Gasteiger partial charge in [0.1, 0.15) is 13.2 Å². The van der Waals surface area contributed by atoms with Gasteiger partial charge in [-0.3, -0.25) is 10.1 Å². The maximum absolute atomic E-state index is 10.9. The Morgan fingerprint density at radius 1 is 1.00 bits per heavy atom. The highest BCUT2D eigenvalue weighted by molar-refractivity contribution is 6.32. The van der Waals surface area contributed by atoms with Gasteiger partial charge in [0, 0.05) is 28.3 Å². The lowest BCUT2D eigenvalue weighted by Gasteiger charge is -2.15. The van der Waals surface area contributed by atoms with Gasteiger partial charge in [0.15, 0.2) is 11.5 Å². The zero-order chi connectivity index (χ0) is 22.9. The van der Waals surface area contributed by atoms with Crippen molar-refractivity contribution < 1.29 is 19.2 Å². The number of rotatable bonds is 10. The minimum atomic E-state index is -0.459. The average molecular weight is 475 g/mol. The van der Waals surface area contributed by atoms with Gasteiger partial charge in [-0.1, -0.05) is 58.7 Å². The van der Waals surface area contributed by atoms with Crippen LogP contribution in [-0.4, -0.2) is 17.7 Å². The first-order valence-corrected chi connectivity index (χ1v) is 10.4. The van der Waals surface area contributed by atoms with Crippen LogP contribution in [0.3, 0.4) is 0 Å². The number of halogens is 2.